The lowest BCUT2D eigenvalue weighted by Crippen LogP contribution is -2.30. The summed E-state index contributed by atoms with van der Waals surface area (Å²) in [7, 11) is 0. The monoisotopic (exact) mass is 443 g/mol. The summed E-state index contributed by atoms with van der Waals surface area (Å²) in [5.41, 5.74) is 6.42. The van der Waals surface area contributed by atoms with Crippen molar-refractivity contribution in [2.45, 2.75) is 38.1 Å². The highest BCUT2D eigenvalue weighted by atomic mass is 19.4. The van der Waals surface area contributed by atoms with E-state index in [0.29, 0.717) is 42.1 Å². The Morgan fingerprint density at radius 3 is 2.52 bits per heavy atom. The van der Waals surface area contributed by atoms with E-state index < -0.39 is 18.5 Å². The van der Waals surface area contributed by atoms with Gasteiger partial charge in [-0.05, 0) is 36.7 Å². The quantitative estimate of drug-likeness (QED) is 0.661. The number of fused-ring (bicyclic) bond motifs is 1. The van der Waals surface area contributed by atoms with Crippen LogP contribution in [0, 0.1) is 17.8 Å². The largest absolute Gasteiger partial charge is 0.573 e. The predicted molar refractivity (Wildman–Crippen MR) is 101 cm³/mol. The van der Waals surface area contributed by atoms with Gasteiger partial charge in [-0.2, -0.15) is 0 Å². The number of aromatic nitrogens is 3. The van der Waals surface area contributed by atoms with Gasteiger partial charge in [0.05, 0.1) is 12.2 Å². The van der Waals surface area contributed by atoms with Crippen molar-refractivity contribution in [3.05, 3.63) is 24.3 Å². The third-order valence-electron chi connectivity index (χ3n) is 6.32. The van der Waals surface area contributed by atoms with Crippen molar-refractivity contribution in [2.75, 3.05) is 25.4 Å². The van der Waals surface area contributed by atoms with Crippen LogP contribution in [-0.2, 0) is 6.42 Å². The van der Waals surface area contributed by atoms with E-state index in [-0.39, 0.29) is 18.4 Å². The fourth-order valence-electron chi connectivity index (χ4n) is 4.70. The smallest absolute Gasteiger partial charge is 0.402 e. The van der Waals surface area contributed by atoms with E-state index in [9.17, 15) is 22.0 Å². The van der Waals surface area contributed by atoms with E-state index in [1.165, 1.54) is 12.3 Å². The molecule has 2 saturated carbocycles. The number of nitrogens with zero attached hydrogens (tertiary/aromatic N) is 4. The second kappa shape index (κ2) is 7.32. The maximum absolute atomic E-state index is 12.7. The van der Waals surface area contributed by atoms with Gasteiger partial charge in [-0.15, -0.1) is 13.2 Å². The summed E-state index contributed by atoms with van der Waals surface area (Å²) >= 11 is 0. The maximum atomic E-state index is 12.7. The van der Waals surface area contributed by atoms with Crippen molar-refractivity contribution >= 4 is 5.82 Å². The summed E-state index contributed by atoms with van der Waals surface area (Å²) in [5.74, 6) is 1.13. The number of halogens is 5. The summed E-state index contributed by atoms with van der Waals surface area (Å²) < 4.78 is 69.4. The number of rotatable bonds is 7. The van der Waals surface area contributed by atoms with E-state index in [1.807, 2.05) is 6.20 Å². The fraction of sp³-hybridized carbons (Fsp3) is 0.600. The predicted octanol–water partition coefficient (Wildman–Crippen LogP) is 3.75. The van der Waals surface area contributed by atoms with Gasteiger partial charge in [0, 0.05) is 43.5 Å². The van der Waals surface area contributed by atoms with Gasteiger partial charge < -0.3 is 15.0 Å². The van der Waals surface area contributed by atoms with Gasteiger partial charge in [0.1, 0.15) is 5.82 Å². The molecule has 0 amide bonds. The highest BCUT2D eigenvalue weighted by Crippen LogP contribution is 2.56. The molecule has 3 aliphatic rings. The van der Waals surface area contributed by atoms with Crippen molar-refractivity contribution in [1.29, 1.82) is 0 Å². The zero-order valence-corrected chi connectivity index (χ0v) is 16.5. The van der Waals surface area contributed by atoms with E-state index >= 15 is 0 Å². The van der Waals surface area contributed by atoms with Gasteiger partial charge >= 0.3 is 6.36 Å². The lowest BCUT2D eigenvalue weighted by Gasteiger charge is -2.19. The van der Waals surface area contributed by atoms with Crippen molar-refractivity contribution in [3.63, 3.8) is 0 Å². The van der Waals surface area contributed by atoms with Crippen LogP contribution in [-0.4, -0.2) is 51.9 Å². The molecule has 2 aromatic rings. The van der Waals surface area contributed by atoms with Crippen LogP contribution in [0.2, 0.25) is 0 Å². The van der Waals surface area contributed by atoms with Crippen molar-refractivity contribution in [2.24, 2.45) is 17.8 Å². The minimum absolute atomic E-state index is 0.191. The van der Waals surface area contributed by atoms with Gasteiger partial charge in [0.25, 0.3) is 6.43 Å². The highest BCUT2D eigenvalue weighted by Gasteiger charge is 2.57. The normalized spacial score (nSPS) is 25.8. The molecule has 0 spiro atoms. The van der Waals surface area contributed by atoms with Crippen LogP contribution < -0.4 is 10.5 Å². The SMILES string of the molecule is Nc1ncc(-c2cn(C3C4CN(CC(F)F)CC43)c(CC3CC3)n2)cc1OC(F)(F)F. The molecule has 1 aliphatic heterocycles. The minimum atomic E-state index is -4.87. The van der Waals surface area contributed by atoms with E-state index in [1.54, 1.807) is 4.90 Å². The first-order valence-electron chi connectivity index (χ1n) is 10.3. The lowest BCUT2D eigenvalue weighted by molar-refractivity contribution is -0.274. The van der Waals surface area contributed by atoms with Crippen LogP contribution in [0.3, 0.4) is 0 Å². The third-order valence-corrected chi connectivity index (χ3v) is 6.32. The molecule has 2 N–H and O–H groups in total. The number of hydrogen-bond acceptors (Lipinski definition) is 5. The van der Waals surface area contributed by atoms with Gasteiger partial charge in [-0.1, -0.05) is 0 Å². The van der Waals surface area contributed by atoms with Crippen molar-refractivity contribution in [3.8, 4) is 17.0 Å². The number of alkyl halides is 5. The zero-order chi connectivity index (χ0) is 21.9. The Bertz CT molecular complexity index is 961. The maximum Gasteiger partial charge on any atom is 0.573 e. The Labute approximate surface area is 175 Å². The molecule has 0 bridgehead atoms. The number of nitrogen functional groups attached to an aromatic ring is 1. The number of hydrogen-bond donors (Lipinski definition) is 1. The average Bonchev–Trinajstić information content (AvgIpc) is 3.51. The Morgan fingerprint density at radius 2 is 1.90 bits per heavy atom. The number of anilines is 1. The number of imidazole rings is 1. The van der Waals surface area contributed by atoms with Crippen LogP contribution in [0.5, 0.6) is 5.75 Å². The molecule has 5 rings (SSSR count). The Balaban J connectivity index is 1.39. The Morgan fingerprint density at radius 1 is 1.19 bits per heavy atom. The molecule has 2 unspecified atom stereocenters. The van der Waals surface area contributed by atoms with Crippen LogP contribution in [0.1, 0.15) is 24.7 Å². The summed E-state index contributed by atoms with van der Waals surface area (Å²) in [6, 6.07) is 1.39. The summed E-state index contributed by atoms with van der Waals surface area (Å²) in [4.78, 5) is 10.3. The molecule has 1 saturated heterocycles. The summed E-state index contributed by atoms with van der Waals surface area (Å²) in [6.07, 6.45) is -0.935. The molecule has 6 nitrogen and oxygen atoms in total. The van der Waals surface area contributed by atoms with Gasteiger partial charge in [-0.25, -0.2) is 18.7 Å². The number of ether oxygens (including phenoxy) is 1. The van der Waals surface area contributed by atoms with Crippen LogP contribution in [0.25, 0.3) is 11.3 Å². The fourth-order valence-corrected chi connectivity index (χ4v) is 4.70. The van der Waals surface area contributed by atoms with E-state index in [0.717, 1.165) is 25.1 Å². The number of piperidine rings is 1. The molecule has 2 aromatic heterocycles. The standard InChI is InChI=1S/C20H22F5N5O/c21-16(22)9-29-6-12-13(7-29)18(12)30-8-14(28-17(30)3-10-1-2-10)11-4-15(19(26)27-5-11)31-20(23,24)25/h4-5,8,10,12-13,16,18H,1-3,6-7,9H2,(H2,26,27). The third kappa shape index (κ3) is 4.32. The molecular weight excluding hydrogens is 421 g/mol. The molecule has 31 heavy (non-hydrogen) atoms. The highest BCUT2D eigenvalue weighted by molar-refractivity contribution is 5.64. The summed E-state index contributed by atoms with van der Waals surface area (Å²) in [5, 5.41) is 0. The Hall–Kier alpha value is -2.43. The Kier molecular flexibility index (Phi) is 4.83. The molecule has 2 atom stereocenters. The second-order valence-electron chi connectivity index (χ2n) is 8.68. The zero-order valence-electron chi connectivity index (χ0n) is 16.5. The van der Waals surface area contributed by atoms with Crippen molar-refractivity contribution in [1.82, 2.24) is 19.4 Å². The minimum Gasteiger partial charge on any atom is -0.402 e. The lowest BCUT2D eigenvalue weighted by atomic mass is 10.2. The number of pyridine rings is 1. The topological polar surface area (TPSA) is 69.2 Å². The first kappa shape index (κ1) is 20.5. The average molecular weight is 443 g/mol. The van der Waals surface area contributed by atoms with Crippen LogP contribution >= 0.6 is 0 Å². The van der Waals surface area contributed by atoms with Crippen molar-refractivity contribution < 1.29 is 26.7 Å². The number of nitrogens with two attached hydrogens (primary N) is 1. The first-order chi connectivity index (χ1) is 14.7. The molecule has 3 fully saturated rings. The molecular formula is C20H22F5N5O. The number of likely N-dealkylation sites (tertiary alicyclic amines) is 1. The van der Waals surface area contributed by atoms with Crippen LogP contribution in [0.15, 0.2) is 18.5 Å². The molecule has 168 valence electrons. The van der Waals surface area contributed by atoms with Gasteiger partial charge in [-0.3, -0.25) is 4.90 Å². The van der Waals surface area contributed by atoms with E-state index in [2.05, 4.69) is 14.3 Å². The molecule has 0 aromatic carbocycles. The second-order valence-corrected chi connectivity index (χ2v) is 8.68. The van der Waals surface area contributed by atoms with Gasteiger partial charge in [0.15, 0.2) is 11.6 Å². The molecule has 0 radical (unpaired) electrons. The molecule has 3 heterocycles. The van der Waals surface area contributed by atoms with Crippen LogP contribution in [0.4, 0.5) is 27.8 Å². The first-order valence-corrected chi connectivity index (χ1v) is 10.3. The summed E-state index contributed by atoms with van der Waals surface area (Å²) in [6.45, 7) is 1.05. The van der Waals surface area contributed by atoms with E-state index in [4.69, 9.17) is 10.7 Å². The molecule has 2 aliphatic carbocycles. The molecule has 11 heteroatoms. The van der Waals surface area contributed by atoms with Gasteiger partial charge in [0.2, 0.25) is 0 Å².